The van der Waals surface area contributed by atoms with Gasteiger partial charge in [0.25, 0.3) is 0 Å². The van der Waals surface area contributed by atoms with Crippen LogP contribution in [0.4, 0.5) is 4.39 Å². The molecule has 4 nitrogen and oxygen atoms in total. The van der Waals surface area contributed by atoms with Gasteiger partial charge < -0.3 is 4.74 Å². The molecule has 0 aliphatic carbocycles. The maximum absolute atomic E-state index is 13.0. The lowest BCUT2D eigenvalue weighted by atomic mass is 10.2. The molecule has 0 aromatic heterocycles. The Morgan fingerprint density at radius 2 is 1.76 bits per heavy atom. The molecule has 0 saturated heterocycles. The molecule has 0 bridgehead atoms. The highest BCUT2D eigenvalue weighted by atomic mass is 32.2. The molecule has 0 atom stereocenters. The van der Waals surface area contributed by atoms with Crippen LogP contribution in [0, 0.1) is 24.1 Å². The molecule has 29 heavy (non-hydrogen) atoms. The summed E-state index contributed by atoms with van der Waals surface area (Å²) in [5.41, 5.74) is 2.25. The second-order valence-electron chi connectivity index (χ2n) is 6.42. The first kappa shape index (κ1) is 20.3. The Morgan fingerprint density at radius 3 is 2.41 bits per heavy atom. The van der Waals surface area contributed by atoms with E-state index in [0.717, 1.165) is 11.1 Å². The van der Waals surface area contributed by atoms with Crippen LogP contribution in [0.3, 0.4) is 0 Å². The Morgan fingerprint density at radius 1 is 1.07 bits per heavy atom. The summed E-state index contributed by atoms with van der Waals surface area (Å²) in [5, 5.41) is 9.42. The van der Waals surface area contributed by atoms with Gasteiger partial charge in [-0.2, -0.15) is 5.26 Å². The van der Waals surface area contributed by atoms with E-state index in [2.05, 4.69) is 0 Å². The van der Waals surface area contributed by atoms with Gasteiger partial charge in [-0.15, -0.1) is 0 Å². The number of sulfone groups is 1. The Labute approximate surface area is 169 Å². The van der Waals surface area contributed by atoms with Gasteiger partial charge in [-0.05, 0) is 60.5 Å². The van der Waals surface area contributed by atoms with E-state index >= 15 is 0 Å². The number of halogens is 1. The van der Waals surface area contributed by atoms with Crippen LogP contribution in [0.2, 0.25) is 0 Å². The van der Waals surface area contributed by atoms with Crippen LogP contribution in [0.15, 0.2) is 82.6 Å². The van der Waals surface area contributed by atoms with Gasteiger partial charge in [0.15, 0.2) is 0 Å². The molecule has 0 radical (unpaired) electrons. The van der Waals surface area contributed by atoms with E-state index in [1.165, 1.54) is 30.3 Å². The highest BCUT2D eigenvalue weighted by molar-refractivity contribution is 7.95. The number of ether oxygens (including phenoxy) is 1. The molecule has 0 spiro atoms. The smallest absolute Gasteiger partial charge is 0.216 e. The maximum atomic E-state index is 13.0. The standard InChI is InChI=1S/C23H18FNO3S/c1-17-5-11-22(12-6-17)29(26,27)23(15-25)14-19-3-2-4-21(13-19)28-16-18-7-9-20(24)10-8-18/h2-14H,16H2,1H3/b23-14+. The highest BCUT2D eigenvalue weighted by Gasteiger charge is 2.20. The van der Waals surface area contributed by atoms with Gasteiger partial charge in [0.2, 0.25) is 9.84 Å². The van der Waals surface area contributed by atoms with Crippen molar-refractivity contribution in [3.05, 3.63) is 100 Å². The Bertz CT molecular complexity index is 1180. The molecule has 0 aliphatic rings. The van der Waals surface area contributed by atoms with Crippen LogP contribution in [-0.2, 0) is 16.4 Å². The van der Waals surface area contributed by atoms with E-state index in [1.54, 1.807) is 54.6 Å². The minimum absolute atomic E-state index is 0.0691. The number of benzene rings is 3. The molecular formula is C23H18FNO3S. The molecule has 146 valence electrons. The molecule has 3 rings (SSSR count). The topological polar surface area (TPSA) is 67.2 Å². The molecular weight excluding hydrogens is 389 g/mol. The van der Waals surface area contributed by atoms with Crippen molar-refractivity contribution in [3.8, 4) is 11.8 Å². The quantitative estimate of drug-likeness (QED) is 0.536. The second-order valence-corrected chi connectivity index (χ2v) is 8.34. The lowest BCUT2D eigenvalue weighted by Crippen LogP contribution is -2.03. The first-order valence-corrected chi connectivity index (χ1v) is 10.3. The van der Waals surface area contributed by atoms with Crippen molar-refractivity contribution in [2.24, 2.45) is 0 Å². The summed E-state index contributed by atoms with van der Waals surface area (Å²) in [6, 6.07) is 20.8. The normalized spacial score (nSPS) is 11.7. The van der Waals surface area contributed by atoms with Crippen LogP contribution in [0.1, 0.15) is 16.7 Å². The van der Waals surface area contributed by atoms with Gasteiger partial charge in [-0.1, -0.05) is 42.0 Å². The van der Waals surface area contributed by atoms with Crippen molar-refractivity contribution >= 4 is 15.9 Å². The zero-order chi connectivity index (χ0) is 20.9. The molecule has 0 heterocycles. The summed E-state index contributed by atoms with van der Waals surface area (Å²) in [6.07, 6.45) is 1.32. The summed E-state index contributed by atoms with van der Waals surface area (Å²) in [7, 11) is -3.91. The summed E-state index contributed by atoms with van der Waals surface area (Å²) in [4.78, 5) is -0.281. The first-order valence-electron chi connectivity index (χ1n) is 8.79. The summed E-state index contributed by atoms with van der Waals surface area (Å²) in [5.74, 6) is 0.188. The summed E-state index contributed by atoms with van der Waals surface area (Å²) < 4.78 is 44.2. The highest BCUT2D eigenvalue weighted by Crippen LogP contribution is 2.23. The zero-order valence-electron chi connectivity index (χ0n) is 15.7. The fourth-order valence-electron chi connectivity index (χ4n) is 2.61. The van der Waals surface area contributed by atoms with E-state index in [4.69, 9.17) is 4.74 Å². The van der Waals surface area contributed by atoms with Crippen molar-refractivity contribution < 1.29 is 17.5 Å². The third-order valence-corrected chi connectivity index (χ3v) is 5.89. The predicted molar refractivity (Wildman–Crippen MR) is 109 cm³/mol. The van der Waals surface area contributed by atoms with Crippen LogP contribution in [0.5, 0.6) is 5.75 Å². The van der Waals surface area contributed by atoms with Crippen molar-refractivity contribution in [3.63, 3.8) is 0 Å². The fourth-order valence-corrected chi connectivity index (χ4v) is 3.77. The van der Waals surface area contributed by atoms with E-state index in [9.17, 15) is 18.1 Å². The second kappa shape index (κ2) is 8.72. The lowest BCUT2D eigenvalue weighted by Gasteiger charge is -2.08. The van der Waals surface area contributed by atoms with E-state index in [0.29, 0.717) is 11.3 Å². The molecule has 6 heteroatoms. The van der Waals surface area contributed by atoms with Gasteiger partial charge >= 0.3 is 0 Å². The van der Waals surface area contributed by atoms with Gasteiger partial charge in [-0.25, -0.2) is 12.8 Å². The molecule has 0 unspecified atom stereocenters. The van der Waals surface area contributed by atoms with Crippen molar-refractivity contribution in [2.75, 3.05) is 0 Å². The van der Waals surface area contributed by atoms with E-state index in [-0.39, 0.29) is 22.2 Å². The van der Waals surface area contributed by atoms with Gasteiger partial charge in [0.05, 0.1) is 4.90 Å². The molecule has 0 fully saturated rings. The number of hydrogen-bond acceptors (Lipinski definition) is 4. The zero-order valence-corrected chi connectivity index (χ0v) is 16.5. The first-order chi connectivity index (χ1) is 13.9. The summed E-state index contributed by atoms with van der Waals surface area (Å²) >= 11 is 0. The van der Waals surface area contributed by atoms with Gasteiger partial charge in [-0.3, -0.25) is 0 Å². The summed E-state index contributed by atoms with van der Waals surface area (Å²) in [6.45, 7) is 2.09. The third kappa shape index (κ3) is 5.09. The predicted octanol–water partition coefficient (Wildman–Crippen LogP) is 5.05. The molecule has 0 amide bonds. The van der Waals surface area contributed by atoms with E-state index < -0.39 is 9.84 Å². The lowest BCUT2D eigenvalue weighted by molar-refractivity contribution is 0.306. The van der Waals surface area contributed by atoms with Crippen LogP contribution < -0.4 is 4.74 Å². The van der Waals surface area contributed by atoms with Gasteiger partial charge in [0.1, 0.15) is 29.1 Å². The SMILES string of the molecule is Cc1ccc(S(=O)(=O)/C(C#N)=C/c2cccc(OCc3ccc(F)cc3)c2)cc1. The van der Waals surface area contributed by atoms with Crippen molar-refractivity contribution in [1.29, 1.82) is 5.26 Å². The Balaban J connectivity index is 1.82. The Kier molecular flexibility index (Phi) is 6.10. The fraction of sp³-hybridized carbons (Fsp3) is 0.0870. The minimum atomic E-state index is -3.91. The van der Waals surface area contributed by atoms with E-state index in [1.807, 2.05) is 6.92 Å². The molecule has 3 aromatic carbocycles. The number of hydrogen-bond donors (Lipinski definition) is 0. The maximum Gasteiger partial charge on any atom is 0.216 e. The minimum Gasteiger partial charge on any atom is -0.489 e. The molecule has 3 aromatic rings. The molecule has 0 aliphatic heterocycles. The average Bonchev–Trinajstić information content (AvgIpc) is 2.72. The average molecular weight is 407 g/mol. The van der Waals surface area contributed by atoms with Crippen LogP contribution >= 0.6 is 0 Å². The number of nitrogens with zero attached hydrogens (tertiary/aromatic N) is 1. The number of nitriles is 1. The molecule has 0 saturated carbocycles. The Hall–Kier alpha value is -3.43. The number of rotatable bonds is 6. The van der Waals surface area contributed by atoms with Crippen molar-refractivity contribution in [2.45, 2.75) is 18.4 Å². The third-order valence-electron chi connectivity index (χ3n) is 4.21. The van der Waals surface area contributed by atoms with Crippen molar-refractivity contribution in [1.82, 2.24) is 0 Å². The molecule has 0 N–H and O–H groups in total. The number of aryl methyl sites for hydroxylation is 1. The monoisotopic (exact) mass is 407 g/mol. The van der Waals surface area contributed by atoms with Gasteiger partial charge in [0, 0.05) is 0 Å². The largest absolute Gasteiger partial charge is 0.489 e. The number of allylic oxidation sites excluding steroid dienone is 1. The van der Waals surface area contributed by atoms with Crippen LogP contribution in [-0.4, -0.2) is 8.42 Å². The van der Waals surface area contributed by atoms with Crippen LogP contribution in [0.25, 0.3) is 6.08 Å².